The number of rotatable bonds is 6. The standard InChI is InChI=1S/C21H19FN2O4S/c1-14-3-5-15(6-4-14)12-24-9-10-29-21(24)23-19(25)13-28-20(26)17-8-7-16(27-2)11-18(17)22/h3-11H,12-13H2,1-2H3. The van der Waals surface area contributed by atoms with Crippen LogP contribution in [-0.2, 0) is 16.1 Å². The van der Waals surface area contributed by atoms with Crippen molar-refractivity contribution >= 4 is 23.2 Å². The van der Waals surface area contributed by atoms with Gasteiger partial charge < -0.3 is 14.0 Å². The Hall–Kier alpha value is -3.26. The van der Waals surface area contributed by atoms with Gasteiger partial charge in [0.2, 0.25) is 0 Å². The highest BCUT2D eigenvalue weighted by atomic mass is 32.1. The molecule has 0 atom stereocenters. The number of hydrogen-bond donors (Lipinski definition) is 0. The number of aromatic nitrogens is 1. The molecule has 0 fully saturated rings. The lowest BCUT2D eigenvalue weighted by Crippen LogP contribution is -2.20. The Kier molecular flexibility index (Phi) is 6.56. The number of thiazole rings is 1. The minimum atomic E-state index is -0.938. The summed E-state index contributed by atoms with van der Waals surface area (Å²) in [4.78, 5) is 28.6. The summed E-state index contributed by atoms with van der Waals surface area (Å²) in [6, 6.07) is 11.8. The molecule has 0 radical (unpaired) electrons. The maximum Gasteiger partial charge on any atom is 0.341 e. The van der Waals surface area contributed by atoms with E-state index < -0.39 is 24.3 Å². The number of methoxy groups -OCH3 is 1. The molecule has 3 aromatic rings. The molecule has 1 heterocycles. The van der Waals surface area contributed by atoms with Gasteiger partial charge in [-0.1, -0.05) is 29.8 Å². The monoisotopic (exact) mass is 414 g/mol. The van der Waals surface area contributed by atoms with Crippen molar-refractivity contribution in [2.75, 3.05) is 13.7 Å². The lowest BCUT2D eigenvalue weighted by atomic mass is 10.1. The molecule has 0 aliphatic rings. The Balaban J connectivity index is 1.65. The van der Waals surface area contributed by atoms with E-state index >= 15 is 0 Å². The third-order valence-electron chi connectivity index (χ3n) is 4.08. The number of benzene rings is 2. The van der Waals surface area contributed by atoms with Crippen LogP contribution in [0.25, 0.3) is 0 Å². The van der Waals surface area contributed by atoms with Crippen LogP contribution in [0.5, 0.6) is 5.75 Å². The molecule has 150 valence electrons. The van der Waals surface area contributed by atoms with E-state index in [2.05, 4.69) is 4.99 Å². The zero-order chi connectivity index (χ0) is 20.8. The van der Waals surface area contributed by atoms with Crippen LogP contribution in [0.1, 0.15) is 21.5 Å². The van der Waals surface area contributed by atoms with Gasteiger partial charge in [-0.2, -0.15) is 4.99 Å². The van der Waals surface area contributed by atoms with Crippen molar-refractivity contribution in [3.05, 3.63) is 81.4 Å². The topological polar surface area (TPSA) is 69.9 Å². The minimum Gasteiger partial charge on any atom is -0.497 e. The van der Waals surface area contributed by atoms with Crippen LogP contribution < -0.4 is 9.54 Å². The maximum atomic E-state index is 13.9. The highest BCUT2D eigenvalue weighted by molar-refractivity contribution is 7.07. The quantitative estimate of drug-likeness (QED) is 0.580. The van der Waals surface area contributed by atoms with Crippen LogP contribution in [0.15, 0.2) is 59.0 Å². The smallest absolute Gasteiger partial charge is 0.341 e. The molecule has 0 N–H and O–H groups in total. The number of carbonyl (C=O) groups excluding carboxylic acids is 2. The van der Waals surface area contributed by atoms with Crippen molar-refractivity contribution in [2.45, 2.75) is 13.5 Å². The second-order valence-electron chi connectivity index (χ2n) is 6.23. The lowest BCUT2D eigenvalue weighted by Gasteiger charge is -2.06. The molecular formula is C21H19FN2O4S. The number of carbonyl (C=O) groups is 2. The van der Waals surface area contributed by atoms with E-state index in [4.69, 9.17) is 9.47 Å². The molecule has 0 bridgehead atoms. The molecule has 3 rings (SSSR count). The number of esters is 1. The molecule has 0 spiro atoms. The normalized spacial score (nSPS) is 11.3. The van der Waals surface area contributed by atoms with Crippen molar-refractivity contribution in [2.24, 2.45) is 4.99 Å². The van der Waals surface area contributed by atoms with Crippen molar-refractivity contribution < 1.29 is 23.5 Å². The summed E-state index contributed by atoms with van der Waals surface area (Å²) in [6.45, 7) is 2.00. The third-order valence-corrected chi connectivity index (χ3v) is 4.87. The Labute approximate surface area is 170 Å². The summed E-state index contributed by atoms with van der Waals surface area (Å²) in [6.07, 6.45) is 1.83. The fourth-order valence-corrected chi connectivity index (χ4v) is 3.27. The number of aryl methyl sites for hydroxylation is 1. The summed E-state index contributed by atoms with van der Waals surface area (Å²) in [5, 5.41) is 1.82. The first kappa shape index (κ1) is 20.5. The summed E-state index contributed by atoms with van der Waals surface area (Å²) in [5.74, 6) is -2.08. The van der Waals surface area contributed by atoms with Gasteiger partial charge in [-0.3, -0.25) is 4.79 Å². The zero-order valence-corrected chi connectivity index (χ0v) is 16.7. The zero-order valence-electron chi connectivity index (χ0n) is 15.9. The highest BCUT2D eigenvalue weighted by Crippen LogP contribution is 2.17. The summed E-state index contributed by atoms with van der Waals surface area (Å²) < 4.78 is 25.5. The summed E-state index contributed by atoms with van der Waals surface area (Å²) in [5.41, 5.74) is 1.97. The molecule has 0 aliphatic carbocycles. The number of hydrogen-bond acceptors (Lipinski definition) is 5. The molecule has 1 amide bonds. The van der Waals surface area contributed by atoms with Crippen LogP contribution >= 0.6 is 11.3 Å². The van der Waals surface area contributed by atoms with Gasteiger partial charge in [0.25, 0.3) is 5.91 Å². The Morgan fingerprint density at radius 2 is 1.93 bits per heavy atom. The molecule has 0 saturated carbocycles. The van der Waals surface area contributed by atoms with Gasteiger partial charge in [-0.15, -0.1) is 11.3 Å². The number of amides is 1. The predicted octanol–water partition coefficient (Wildman–Crippen LogP) is 3.34. The SMILES string of the molecule is COc1ccc(C(=O)OCC(=O)N=c2sccn2Cc2ccc(C)cc2)c(F)c1. The van der Waals surface area contributed by atoms with Crippen LogP contribution in [0.3, 0.4) is 0 Å². The number of nitrogens with zero attached hydrogens (tertiary/aromatic N) is 2. The predicted molar refractivity (Wildman–Crippen MR) is 106 cm³/mol. The van der Waals surface area contributed by atoms with Gasteiger partial charge in [0.05, 0.1) is 12.7 Å². The molecule has 1 aromatic heterocycles. The Morgan fingerprint density at radius 3 is 2.62 bits per heavy atom. The molecule has 2 aromatic carbocycles. The molecule has 6 nitrogen and oxygen atoms in total. The number of halogens is 1. The average Bonchev–Trinajstić information content (AvgIpc) is 3.14. The second-order valence-corrected chi connectivity index (χ2v) is 7.10. The molecular weight excluding hydrogens is 395 g/mol. The molecule has 8 heteroatoms. The minimum absolute atomic E-state index is 0.274. The highest BCUT2D eigenvalue weighted by Gasteiger charge is 2.15. The van der Waals surface area contributed by atoms with E-state index in [0.29, 0.717) is 11.3 Å². The van der Waals surface area contributed by atoms with E-state index in [1.807, 2.05) is 47.3 Å². The first-order valence-electron chi connectivity index (χ1n) is 8.74. The van der Waals surface area contributed by atoms with E-state index in [0.717, 1.165) is 11.6 Å². The fraction of sp³-hybridized carbons (Fsp3) is 0.190. The van der Waals surface area contributed by atoms with Gasteiger partial charge in [-0.05, 0) is 24.6 Å². The van der Waals surface area contributed by atoms with Crippen LogP contribution in [0.2, 0.25) is 0 Å². The first-order valence-corrected chi connectivity index (χ1v) is 9.62. The van der Waals surface area contributed by atoms with E-state index in [1.165, 1.54) is 36.1 Å². The van der Waals surface area contributed by atoms with E-state index in [-0.39, 0.29) is 11.3 Å². The van der Waals surface area contributed by atoms with Gasteiger partial charge in [0.1, 0.15) is 11.6 Å². The van der Waals surface area contributed by atoms with Crippen molar-refractivity contribution in [3.8, 4) is 5.75 Å². The Bertz CT molecular complexity index is 1090. The van der Waals surface area contributed by atoms with Gasteiger partial charge in [0.15, 0.2) is 11.4 Å². The maximum absolute atomic E-state index is 13.9. The van der Waals surface area contributed by atoms with E-state index in [1.54, 1.807) is 0 Å². The van der Waals surface area contributed by atoms with Gasteiger partial charge in [-0.25, -0.2) is 9.18 Å². The average molecular weight is 414 g/mol. The second kappa shape index (κ2) is 9.29. The Morgan fingerprint density at radius 1 is 1.17 bits per heavy atom. The van der Waals surface area contributed by atoms with Crippen LogP contribution in [-0.4, -0.2) is 30.2 Å². The summed E-state index contributed by atoms with van der Waals surface area (Å²) >= 11 is 1.30. The number of ether oxygens (including phenoxy) is 2. The fourth-order valence-electron chi connectivity index (χ4n) is 2.53. The van der Waals surface area contributed by atoms with Crippen molar-refractivity contribution in [1.82, 2.24) is 4.57 Å². The van der Waals surface area contributed by atoms with Gasteiger partial charge >= 0.3 is 5.97 Å². The van der Waals surface area contributed by atoms with Crippen molar-refractivity contribution in [1.29, 1.82) is 0 Å². The lowest BCUT2D eigenvalue weighted by molar-refractivity contribution is -0.121. The van der Waals surface area contributed by atoms with Crippen LogP contribution in [0, 0.1) is 12.7 Å². The largest absolute Gasteiger partial charge is 0.497 e. The summed E-state index contributed by atoms with van der Waals surface area (Å²) in [7, 11) is 1.39. The van der Waals surface area contributed by atoms with Crippen LogP contribution in [0.4, 0.5) is 4.39 Å². The molecule has 29 heavy (non-hydrogen) atoms. The third kappa shape index (κ3) is 5.39. The first-order chi connectivity index (χ1) is 14.0. The van der Waals surface area contributed by atoms with Gasteiger partial charge in [0, 0.05) is 24.2 Å². The molecule has 0 saturated heterocycles. The molecule has 0 aliphatic heterocycles. The molecule has 0 unspecified atom stereocenters. The van der Waals surface area contributed by atoms with Crippen molar-refractivity contribution in [3.63, 3.8) is 0 Å². The van der Waals surface area contributed by atoms with E-state index in [9.17, 15) is 14.0 Å².